The van der Waals surface area contributed by atoms with Crippen LogP contribution in [0.25, 0.3) is 0 Å². The Morgan fingerprint density at radius 3 is 1.71 bits per heavy atom. The van der Waals surface area contributed by atoms with E-state index in [2.05, 4.69) is 0 Å². The third-order valence-electron chi connectivity index (χ3n) is 5.00. The number of para-hydroxylation sites is 2. The Morgan fingerprint density at radius 2 is 1.19 bits per heavy atom. The molecule has 0 radical (unpaired) electrons. The molecule has 4 nitrogen and oxygen atoms in total. The standard InChI is InChI=1S/C23H16F4N2O2/c1-13-12-28(22(30)14-6-16(24)10-17(25)7-14)20-4-2-3-5-21(20)29(13)23(31)15-8-18(26)11-19(27)9-15/h2-11,13H,12H2,1H3. The molecule has 4 rings (SSSR count). The summed E-state index contributed by atoms with van der Waals surface area (Å²) in [5.41, 5.74) is 0.319. The lowest BCUT2D eigenvalue weighted by molar-refractivity contribution is 0.0952. The van der Waals surface area contributed by atoms with E-state index >= 15 is 0 Å². The maximum Gasteiger partial charge on any atom is 0.258 e. The fourth-order valence-corrected chi connectivity index (χ4v) is 3.73. The zero-order valence-electron chi connectivity index (χ0n) is 16.3. The first-order valence-electron chi connectivity index (χ1n) is 9.41. The predicted octanol–water partition coefficient (Wildman–Crippen LogP) is 4.94. The van der Waals surface area contributed by atoms with Gasteiger partial charge in [-0.1, -0.05) is 12.1 Å². The number of hydrogen-bond donors (Lipinski definition) is 0. The highest BCUT2D eigenvalue weighted by atomic mass is 19.1. The largest absolute Gasteiger partial charge is 0.304 e. The molecule has 3 aromatic rings. The van der Waals surface area contributed by atoms with E-state index in [1.165, 1.54) is 9.80 Å². The second-order valence-corrected chi connectivity index (χ2v) is 7.24. The SMILES string of the molecule is CC1CN(C(=O)c2cc(F)cc(F)c2)c2ccccc2N1C(=O)c1cc(F)cc(F)c1. The monoisotopic (exact) mass is 428 g/mol. The first-order valence-corrected chi connectivity index (χ1v) is 9.41. The number of hydrogen-bond acceptors (Lipinski definition) is 2. The molecule has 0 saturated heterocycles. The van der Waals surface area contributed by atoms with E-state index < -0.39 is 41.1 Å². The van der Waals surface area contributed by atoms with Gasteiger partial charge in [0.1, 0.15) is 23.3 Å². The Bertz CT molecular complexity index is 1160. The Kier molecular flexibility index (Phi) is 5.22. The van der Waals surface area contributed by atoms with Crippen molar-refractivity contribution in [1.29, 1.82) is 0 Å². The second-order valence-electron chi connectivity index (χ2n) is 7.24. The van der Waals surface area contributed by atoms with Crippen molar-refractivity contribution in [2.24, 2.45) is 0 Å². The number of benzene rings is 3. The zero-order chi connectivity index (χ0) is 22.3. The molecule has 2 amide bonds. The minimum atomic E-state index is -0.883. The summed E-state index contributed by atoms with van der Waals surface area (Å²) >= 11 is 0. The topological polar surface area (TPSA) is 40.6 Å². The summed E-state index contributed by atoms with van der Waals surface area (Å²) in [5.74, 6) is -4.81. The number of carbonyl (C=O) groups is 2. The van der Waals surface area contributed by atoms with Crippen molar-refractivity contribution in [3.05, 3.63) is 95.1 Å². The predicted molar refractivity (Wildman–Crippen MR) is 107 cm³/mol. The molecule has 0 aliphatic carbocycles. The Labute approximate surface area is 175 Å². The van der Waals surface area contributed by atoms with Crippen molar-refractivity contribution >= 4 is 23.2 Å². The number of nitrogens with zero attached hydrogens (tertiary/aromatic N) is 2. The summed E-state index contributed by atoms with van der Waals surface area (Å²) < 4.78 is 54.5. The van der Waals surface area contributed by atoms with Crippen LogP contribution in [0.5, 0.6) is 0 Å². The Hall–Kier alpha value is -3.68. The summed E-state index contributed by atoms with van der Waals surface area (Å²) in [6, 6.07) is 11.0. The van der Waals surface area contributed by atoms with Crippen molar-refractivity contribution in [1.82, 2.24) is 0 Å². The van der Waals surface area contributed by atoms with Gasteiger partial charge in [0.15, 0.2) is 0 Å². The smallest absolute Gasteiger partial charge is 0.258 e. The summed E-state index contributed by atoms with van der Waals surface area (Å²) in [6.45, 7) is 1.67. The van der Waals surface area contributed by atoms with E-state index in [9.17, 15) is 27.2 Å². The molecule has 3 aromatic carbocycles. The summed E-state index contributed by atoms with van der Waals surface area (Å²) in [7, 11) is 0. The minimum Gasteiger partial charge on any atom is -0.304 e. The molecule has 0 saturated carbocycles. The van der Waals surface area contributed by atoms with E-state index in [1.54, 1.807) is 31.2 Å². The lowest BCUT2D eigenvalue weighted by Gasteiger charge is -2.41. The molecule has 1 atom stereocenters. The maximum absolute atomic E-state index is 13.6. The molecule has 0 fully saturated rings. The van der Waals surface area contributed by atoms with E-state index in [0.717, 1.165) is 24.3 Å². The quantitative estimate of drug-likeness (QED) is 0.543. The van der Waals surface area contributed by atoms with Crippen LogP contribution < -0.4 is 9.80 Å². The number of rotatable bonds is 2. The molecule has 8 heteroatoms. The molecular formula is C23H16F4N2O2. The van der Waals surface area contributed by atoms with Crippen LogP contribution in [0, 0.1) is 23.3 Å². The number of halogens is 4. The fourth-order valence-electron chi connectivity index (χ4n) is 3.73. The molecule has 0 spiro atoms. The highest BCUT2D eigenvalue weighted by Gasteiger charge is 2.35. The Balaban J connectivity index is 1.76. The van der Waals surface area contributed by atoms with E-state index in [0.29, 0.717) is 23.5 Å². The van der Waals surface area contributed by atoms with Gasteiger partial charge in [-0.2, -0.15) is 0 Å². The van der Waals surface area contributed by atoms with Crippen LogP contribution in [-0.2, 0) is 0 Å². The van der Waals surface area contributed by atoms with Crippen LogP contribution >= 0.6 is 0 Å². The maximum atomic E-state index is 13.6. The molecule has 0 bridgehead atoms. The lowest BCUT2D eigenvalue weighted by Crippen LogP contribution is -2.52. The summed E-state index contributed by atoms with van der Waals surface area (Å²) in [4.78, 5) is 28.8. The van der Waals surface area contributed by atoms with Crippen LogP contribution in [0.2, 0.25) is 0 Å². The average molecular weight is 428 g/mol. The molecule has 0 aromatic heterocycles. The second kappa shape index (κ2) is 7.86. The van der Waals surface area contributed by atoms with Crippen LogP contribution in [0.1, 0.15) is 27.6 Å². The molecule has 158 valence electrons. The zero-order valence-corrected chi connectivity index (χ0v) is 16.3. The van der Waals surface area contributed by atoms with E-state index in [1.807, 2.05) is 0 Å². The average Bonchev–Trinajstić information content (AvgIpc) is 2.71. The van der Waals surface area contributed by atoms with Crippen LogP contribution in [0.3, 0.4) is 0 Å². The third kappa shape index (κ3) is 3.88. The molecule has 31 heavy (non-hydrogen) atoms. The first kappa shape index (κ1) is 20.6. The fraction of sp³-hybridized carbons (Fsp3) is 0.130. The van der Waals surface area contributed by atoms with Crippen molar-refractivity contribution in [3.63, 3.8) is 0 Å². The lowest BCUT2D eigenvalue weighted by atomic mass is 10.0. The molecule has 1 heterocycles. The van der Waals surface area contributed by atoms with Gasteiger partial charge in [-0.05, 0) is 43.3 Å². The van der Waals surface area contributed by atoms with Gasteiger partial charge in [0.2, 0.25) is 0 Å². The van der Waals surface area contributed by atoms with Crippen molar-refractivity contribution in [2.45, 2.75) is 13.0 Å². The van der Waals surface area contributed by atoms with Gasteiger partial charge in [-0.15, -0.1) is 0 Å². The van der Waals surface area contributed by atoms with Crippen molar-refractivity contribution in [3.8, 4) is 0 Å². The van der Waals surface area contributed by atoms with Gasteiger partial charge < -0.3 is 9.80 Å². The van der Waals surface area contributed by atoms with E-state index in [4.69, 9.17) is 0 Å². The molecule has 1 aliphatic rings. The number of fused-ring (bicyclic) bond motifs is 1. The van der Waals surface area contributed by atoms with Crippen LogP contribution in [0.4, 0.5) is 28.9 Å². The van der Waals surface area contributed by atoms with Gasteiger partial charge >= 0.3 is 0 Å². The van der Waals surface area contributed by atoms with Gasteiger partial charge in [0.25, 0.3) is 11.8 Å². The highest BCUT2D eigenvalue weighted by Crippen LogP contribution is 2.37. The van der Waals surface area contributed by atoms with Gasteiger partial charge in [0.05, 0.1) is 17.4 Å². The van der Waals surface area contributed by atoms with Gasteiger partial charge in [-0.3, -0.25) is 9.59 Å². The summed E-state index contributed by atoms with van der Waals surface area (Å²) in [6.07, 6.45) is 0. The van der Waals surface area contributed by atoms with Gasteiger partial charge in [-0.25, -0.2) is 17.6 Å². The molecule has 0 N–H and O–H groups in total. The van der Waals surface area contributed by atoms with E-state index in [-0.39, 0.29) is 17.7 Å². The molecule has 1 unspecified atom stereocenters. The van der Waals surface area contributed by atoms with Crippen molar-refractivity contribution in [2.75, 3.05) is 16.3 Å². The number of anilines is 2. The molecule has 1 aliphatic heterocycles. The Morgan fingerprint density at radius 1 is 0.742 bits per heavy atom. The molecular weight excluding hydrogens is 412 g/mol. The minimum absolute atomic E-state index is 0.0114. The summed E-state index contributed by atoms with van der Waals surface area (Å²) in [5, 5.41) is 0. The number of amides is 2. The van der Waals surface area contributed by atoms with Crippen molar-refractivity contribution < 1.29 is 27.2 Å². The van der Waals surface area contributed by atoms with Crippen LogP contribution in [-0.4, -0.2) is 24.4 Å². The first-order chi connectivity index (χ1) is 14.7. The third-order valence-corrected chi connectivity index (χ3v) is 5.00. The van der Waals surface area contributed by atoms with Gasteiger partial charge in [0, 0.05) is 29.8 Å². The number of carbonyl (C=O) groups excluding carboxylic acids is 2. The normalized spacial score (nSPS) is 15.6. The highest BCUT2D eigenvalue weighted by molar-refractivity contribution is 6.13. The van der Waals surface area contributed by atoms with Crippen LogP contribution in [0.15, 0.2) is 60.7 Å².